The molecule has 1 aliphatic rings. The monoisotopic (exact) mass is 364 g/mol. The van der Waals surface area contributed by atoms with Crippen LogP contribution in [0.3, 0.4) is 0 Å². The number of aliphatic imine (C=N–C) groups is 1. The standard InChI is InChI=1S/C19H32N4O3/c1-16-4-5-17(18(14-16)26-13-12-24-3)15-22-19(20-2)21-6-7-23-8-10-25-11-9-23/h4-5,14H,6-13,15H2,1-3H3,(H2,20,21,22). The number of hydrogen-bond donors (Lipinski definition) is 2. The molecule has 0 atom stereocenters. The van der Waals surface area contributed by atoms with Crippen molar-refractivity contribution in [1.82, 2.24) is 15.5 Å². The lowest BCUT2D eigenvalue weighted by atomic mass is 10.1. The molecule has 0 amide bonds. The van der Waals surface area contributed by atoms with E-state index < -0.39 is 0 Å². The summed E-state index contributed by atoms with van der Waals surface area (Å²) in [4.78, 5) is 6.69. The molecule has 0 aromatic heterocycles. The van der Waals surface area contributed by atoms with Gasteiger partial charge in [-0.25, -0.2) is 0 Å². The zero-order valence-electron chi connectivity index (χ0n) is 16.2. The summed E-state index contributed by atoms with van der Waals surface area (Å²) in [7, 11) is 3.46. The Kier molecular flexibility index (Phi) is 9.23. The lowest BCUT2D eigenvalue weighted by Gasteiger charge is -2.26. The normalized spacial score (nSPS) is 15.7. The van der Waals surface area contributed by atoms with E-state index in [9.17, 15) is 0 Å². The van der Waals surface area contributed by atoms with Crippen molar-refractivity contribution in [3.05, 3.63) is 29.3 Å². The van der Waals surface area contributed by atoms with Crippen LogP contribution in [0.2, 0.25) is 0 Å². The molecule has 1 heterocycles. The molecule has 1 saturated heterocycles. The average molecular weight is 364 g/mol. The highest BCUT2D eigenvalue weighted by Gasteiger charge is 2.10. The number of guanidine groups is 1. The van der Waals surface area contributed by atoms with Gasteiger partial charge in [-0.1, -0.05) is 12.1 Å². The Hall–Kier alpha value is -1.83. The largest absolute Gasteiger partial charge is 0.491 e. The van der Waals surface area contributed by atoms with Crippen molar-refractivity contribution >= 4 is 5.96 Å². The van der Waals surface area contributed by atoms with Crippen LogP contribution in [0, 0.1) is 6.92 Å². The first-order valence-electron chi connectivity index (χ1n) is 9.19. The van der Waals surface area contributed by atoms with Gasteiger partial charge >= 0.3 is 0 Å². The topological polar surface area (TPSA) is 67.4 Å². The molecular weight excluding hydrogens is 332 g/mol. The first-order valence-corrected chi connectivity index (χ1v) is 9.19. The summed E-state index contributed by atoms with van der Waals surface area (Å²) in [5, 5.41) is 6.72. The maximum Gasteiger partial charge on any atom is 0.191 e. The zero-order chi connectivity index (χ0) is 18.6. The summed E-state index contributed by atoms with van der Waals surface area (Å²) >= 11 is 0. The van der Waals surface area contributed by atoms with Gasteiger partial charge in [0.15, 0.2) is 5.96 Å². The van der Waals surface area contributed by atoms with Gasteiger partial charge in [-0.2, -0.15) is 0 Å². The second-order valence-corrected chi connectivity index (χ2v) is 6.26. The van der Waals surface area contributed by atoms with E-state index >= 15 is 0 Å². The number of ether oxygens (including phenoxy) is 3. The molecule has 0 bridgehead atoms. The summed E-state index contributed by atoms with van der Waals surface area (Å²) in [5.74, 6) is 1.68. The Morgan fingerprint density at radius 1 is 1.23 bits per heavy atom. The fraction of sp³-hybridized carbons (Fsp3) is 0.632. The predicted molar refractivity (Wildman–Crippen MR) is 104 cm³/mol. The lowest BCUT2D eigenvalue weighted by Crippen LogP contribution is -2.44. The number of nitrogens with one attached hydrogen (secondary N) is 2. The Balaban J connectivity index is 1.79. The first kappa shape index (κ1) is 20.5. The molecular formula is C19H32N4O3. The van der Waals surface area contributed by atoms with E-state index in [2.05, 4.69) is 45.6 Å². The minimum Gasteiger partial charge on any atom is -0.491 e. The van der Waals surface area contributed by atoms with E-state index in [1.165, 1.54) is 5.56 Å². The second-order valence-electron chi connectivity index (χ2n) is 6.26. The van der Waals surface area contributed by atoms with E-state index in [-0.39, 0.29) is 0 Å². The van der Waals surface area contributed by atoms with Crippen LogP contribution in [0.5, 0.6) is 5.75 Å². The molecule has 2 N–H and O–H groups in total. The smallest absolute Gasteiger partial charge is 0.191 e. The predicted octanol–water partition coefficient (Wildman–Crippen LogP) is 1.02. The van der Waals surface area contributed by atoms with Crippen molar-refractivity contribution in [1.29, 1.82) is 0 Å². The van der Waals surface area contributed by atoms with Crippen molar-refractivity contribution in [3.63, 3.8) is 0 Å². The molecule has 1 aromatic rings. The highest BCUT2D eigenvalue weighted by Crippen LogP contribution is 2.20. The van der Waals surface area contributed by atoms with Gasteiger partial charge in [-0.05, 0) is 18.6 Å². The number of morpholine rings is 1. The van der Waals surface area contributed by atoms with Crippen LogP contribution in [0.4, 0.5) is 0 Å². The van der Waals surface area contributed by atoms with Crippen LogP contribution in [0.15, 0.2) is 23.2 Å². The SMILES string of the molecule is CN=C(NCCN1CCOCC1)NCc1ccc(C)cc1OCCOC. The molecule has 1 aliphatic heterocycles. The van der Waals surface area contributed by atoms with E-state index in [1.54, 1.807) is 14.2 Å². The Bertz CT molecular complexity index is 560. The van der Waals surface area contributed by atoms with E-state index in [0.29, 0.717) is 19.8 Å². The Morgan fingerprint density at radius 3 is 2.77 bits per heavy atom. The van der Waals surface area contributed by atoms with Gasteiger partial charge < -0.3 is 24.8 Å². The van der Waals surface area contributed by atoms with Crippen molar-refractivity contribution < 1.29 is 14.2 Å². The first-order chi connectivity index (χ1) is 12.7. The molecule has 0 radical (unpaired) electrons. The van der Waals surface area contributed by atoms with Gasteiger partial charge in [0.2, 0.25) is 0 Å². The van der Waals surface area contributed by atoms with Crippen LogP contribution >= 0.6 is 0 Å². The zero-order valence-corrected chi connectivity index (χ0v) is 16.2. The van der Waals surface area contributed by atoms with Crippen LogP contribution in [-0.4, -0.2) is 77.6 Å². The van der Waals surface area contributed by atoms with Gasteiger partial charge in [0.1, 0.15) is 12.4 Å². The summed E-state index contributed by atoms with van der Waals surface area (Å²) in [6.45, 7) is 9.32. The minimum absolute atomic E-state index is 0.541. The molecule has 0 saturated carbocycles. The van der Waals surface area contributed by atoms with E-state index in [1.807, 2.05) is 0 Å². The average Bonchev–Trinajstić information content (AvgIpc) is 2.66. The molecule has 7 heteroatoms. The molecule has 1 aromatic carbocycles. The van der Waals surface area contributed by atoms with Crippen molar-refractivity contribution in [2.45, 2.75) is 13.5 Å². The van der Waals surface area contributed by atoms with Gasteiger partial charge in [-0.15, -0.1) is 0 Å². The second kappa shape index (κ2) is 11.7. The van der Waals surface area contributed by atoms with Gasteiger partial charge in [0.25, 0.3) is 0 Å². The van der Waals surface area contributed by atoms with Crippen LogP contribution in [0.25, 0.3) is 0 Å². The fourth-order valence-electron chi connectivity index (χ4n) is 2.73. The van der Waals surface area contributed by atoms with Crippen LogP contribution in [-0.2, 0) is 16.0 Å². The van der Waals surface area contributed by atoms with Crippen molar-refractivity contribution in [2.75, 3.05) is 66.8 Å². The number of methoxy groups -OCH3 is 1. The molecule has 0 spiro atoms. The number of hydrogen-bond acceptors (Lipinski definition) is 5. The molecule has 7 nitrogen and oxygen atoms in total. The van der Waals surface area contributed by atoms with Crippen LogP contribution < -0.4 is 15.4 Å². The van der Waals surface area contributed by atoms with Crippen molar-refractivity contribution in [3.8, 4) is 5.75 Å². The summed E-state index contributed by atoms with van der Waals surface area (Å²) in [6.07, 6.45) is 0. The number of benzene rings is 1. The minimum atomic E-state index is 0.541. The molecule has 1 fully saturated rings. The fourth-order valence-corrected chi connectivity index (χ4v) is 2.73. The van der Waals surface area contributed by atoms with Gasteiger partial charge in [0, 0.05) is 52.4 Å². The van der Waals surface area contributed by atoms with Gasteiger partial charge in [0.05, 0.1) is 19.8 Å². The summed E-state index contributed by atoms with van der Waals surface area (Å²) in [6, 6.07) is 6.24. The highest BCUT2D eigenvalue weighted by atomic mass is 16.5. The molecule has 0 aliphatic carbocycles. The third-order valence-electron chi connectivity index (χ3n) is 4.26. The van der Waals surface area contributed by atoms with Gasteiger partial charge in [-0.3, -0.25) is 9.89 Å². The van der Waals surface area contributed by atoms with Crippen LogP contribution in [0.1, 0.15) is 11.1 Å². The van der Waals surface area contributed by atoms with E-state index in [0.717, 1.165) is 56.7 Å². The number of aryl methyl sites for hydroxylation is 1. The highest BCUT2D eigenvalue weighted by molar-refractivity contribution is 5.79. The van der Waals surface area contributed by atoms with E-state index in [4.69, 9.17) is 14.2 Å². The Morgan fingerprint density at radius 2 is 2.04 bits per heavy atom. The van der Waals surface area contributed by atoms with Crippen molar-refractivity contribution in [2.24, 2.45) is 4.99 Å². The maximum absolute atomic E-state index is 5.84. The third kappa shape index (κ3) is 7.19. The number of nitrogens with zero attached hydrogens (tertiary/aromatic N) is 2. The lowest BCUT2D eigenvalue weighted by molar-refractivity contribution is 0.0389. The third-order valence-corrected chi connectivity index (χ3v) is 4.26. The molecule has 146 valence electrons. The molecule has 26 heavy (non-hydrogen) atoms. The maximum atomic E-state index is 5.84. The number of rotatable bonds is 9. The molecule has 0 unspecified atom stereocenters. The summed E-state index contributed by atoms with van der Waals surface area (Å²) < 4.78 is 16.3. The Labute approximate surface area is 156 Å². The summed E-state index contributed by atoms with van der Waals surface area (Å²) in [5.41, 5.74) is 2.28. The molecule has 2 rings (SSSR count). The quantitative estimate of drug-likeness (QED) is 0.387.